The number of nitrogens with zero attached hydrogens (tertiary/aromatic N) is 1. The van der Waals surface area contributed by atoms with Gasteiger partial charge in [-0.3, -0.25) is 4.79 Å². The van der Waals surface area contributed by atoms with E-state index in [-0.39, 0.29) is 5.91 Å². The largest absolute Gasteiger partial charge is 0.356 e. The molecule has 0 aliphatic carbocycles. The summed E-state index contributed by atoms with van der Waals surface area (Å²) in [5.41, 5.74) is 7.62. The highest BCUT2D eigenvalue weighted by Crippen LogP contribution is 2.31. The number of unbranched alkanes of at least 4 members (excludes halogenated alkanes) is 1. The van der Waals surface area contributed by atoms with Crippen LogP contribution in [-0.4, -0.2) is 11.1 Å². The first-order valence-electron chi connectivity index (χ1n) is 9.64. The molecule has 0 saturated carbocycles. The van der Waals surface area contributed by atoms with Crippen LogP contribution in [0.2, 0.25) is 0 Å². The van der Waals surface area contributed by atoms with Gasteiger partial charge in [0.05, 0.1) is 0 Å². The molecule has 0 saturated heterocycles. The number of hydrogen-bond acceptors (Lipinski definition) is 3. The van der Waals surface area contributed by atoms with E-state index in [1.165, 1.54) is 24.0 Å². The molecule has 1 amide bonds. The van der Waals surface area contributed by atoms with Gasteiger partial charge in [0.15, 0.2) is 5.76 Å². The maximum Gasteiger partial charge on any atom is 0.224 e. The van der Waals surface area contributed by atoms with Crippen molar-refractivity contribution in [3.05, 3.63) is 59.2 Å². The van der Waals surface area contributed by atoms with Gasteiger partial charge < -0.3 is 9.84 Å². The van der Waals surface area contributed by atoms with Gasteiger partial charge in [0.25, 0.3) is 0 Å². The van der Waals surface area contributed by atoms with E-state index in [9.17, 15) is 4.79 Å². The van der Waals surface area contributed by atoms with Crippen LogP contribution in [0.15, 0.2) is 47.0 Å². The molecule has 2 aromatic carbocycles. The van der Waals surface area contributed by atoms with Crippen molar-refractivity contribution >= 4 is 11.6 Å². The van der Waals surface area contributed by atoms with Crippen molar-refractivity contribution in [2.24, 2.45) is 0 Å². The number of benzene rings is 2. The molecule has 0 fully saturated rings. The molecular formula is C23H24N2O2. The first kappa shape index (κ1) is 17.5. The van der Waals surface area contributed by atoms with Crippen molar-refractivity contribution in [1.29, 1.82) is 0 Å². The highest BCUT2D eigenvalue weighted by atomic mass is 16.5. The molecule has 0 radical (unpaired) electrons. The number of carbonyl (C=O) groups is 1. The Kier molecular flexibility index (Phi) is 4.80. The number of nitrogens with one attached hydrogen (secondary N) is 1. The Balaban J connectivity index is 1.59. The summed E-state index contributed by atoms with van der Waals surface area (Å²) in [5.74, 6) is 0.859. The van der Waals surface area contributed by atoms with Crippen LogP contribution in [0.4, 0.5) is 5.69 Å². The van der Waals surface area contributed by atoms with E-state index in [1.807, 2.05) is 18.2 Å². The first-order chi connectivity index (χ1) is 13.1. The Bertz CT molecular complexity index is 988. The fourth-order valence-corrected chi connectivity index (χ4v) is 3.59. The molecule has 4 nitrogen and oxygen atoms in total. The van der Waals surface area contributed by atoms with Crippen molar-refractivity contribution in [2.75, 3.05) is 5.32 Å². The molecule has 2 heterocycles. The van der Waals surface area contributed by atoms with Gasteiger partial charge in [0.2, 0.25) is 5.91 Å². The highest BCUT2D eigenvalue weighted by molar-refractivity contribution is 5.94. The predicted molar refractivity (Wildman–Crippen MR) is 108 cm³/mol. The van der Waals surface area contributed by atoms with Crippen LogP contribution in [0.5, 0.6) is 0 Å². The third-order valence-electron chi connectivity index (χ3n) is 5.23. The van der Waals surface area contributed by atoms with Gasteiger partial charge >= 0.3 is 0 Å². The minimum absolute atomic E-state index is 0.0803. The SMILES string of the molecule is CCCCc1ccc(-c2cc(-c3ccc4c(c3)CCC(=O)N4)no2)cc1C. The summed E-state index contributed by atoms with van der Waals surface area (Å²) in [7, 11) is 0. The lowest BCUT2D eigenvalue weighted by molar-refractivity contribution is -0.116. The molecule has 3 aromatic rings. The standard InChI is InChI=1S/C23H24N2O2/c1-3-4-5-16-6-7-19(12-15(16)2)22-14-21(25-27-22)18-8-10-20-17(13-18)9-11-23(26)24-20/h6-8,10,12-14H,3-5,9,11H2,1-2H3,(H,24,26). The predicted octanol–water partition coefficient (Wildman–Crippen LogP) is 5.54. The van der Waals surface area contributed by atoms with Crippen LogP contribution < -0.4 is 5.32 Å². The van der Waals surface area contributed by atoms with Crippen LogP contribution >= 0.6 is 0 Å². The summed E-state index contributed by atoms with van der Waals surface area (Å²) in [6, 6.07) is 14.5. The minimum atomic E-state index is 0.0803. The fraction of sp³-hybridized carbons (Fsp3) is 0.304. The third kappa shape index (κ3) is 3.65. The lowest BCUT2D eigenvalue weighted by Crippen LogP contribution is -2.18. The molecule has 1 aliphatic rings. The Morgan fingerprint density at radius 3 is 2.74 bits per heavy atom. The second kappa shape index (κ2) is 7.39. The fourth-order valence-electron chi connectivity index (χ4n) is 3.59. The summed E-state index contributed by atoms with van der Waals surface area (Å²) < 4.78 is 5.62. The van der Waals surface area contributed by atoms with E-state index in [2.05, 4.69) is 48.6 Å². The topological polar surface area (TPSA) is 55.1 Å². The molecule has 1 aromatic heterocycles. The van der Waals surface area contributed by atoms with Gasteiger partial charge in [-0.2, -0.15) is 0 Å². The van der Waals surface area contributed by atoms with E-state index >= 15 is 0 Å². The number of fused-ring (bicyclic) bond motifs is 1. The van der Waals surface area contributed by atoms with Crippen molar-refractivity contribution < 1.29 is 9.32 Å². The smallest absolute Gasteiger partial charge is 0.224 e. The molecule has 1 aliphatic heterocycles. The normalized spacial score (nSPS) is 13.3. The van der Waals surface area contributed by atoms with Gasteiger partial charge in [-0.1, -0.05) is 36.7 Å². The van der Waals surface area contributed by atoms with Crippen LogP contribution in [0.3, 0.4) is 0 Å². The van der Waals surface area contributed by atoms with Crippen LogP contribution in [0.1, 0.15) is 42.9 Å². The van der Waals surface area contributed by atoms with Crippen molar-refractivity contribution in [2.45, 2.75) is 46.0 Å². The summed E-state index contributed by atoms with van der Waals surface area (Å²) in [6.07, 6.45) is 4.83. The molecule has 1 N–H and O–H groups in total. The Hall–Kier alpha value is -2.88. The van der Waals surface area contributed by atoms with E-state index in [0.29, 0.717) is 6.42 Å². The summed E-state index contributed by atoms with van der Waals surface area (Å²) in [4.78, 5) is 11.5. The Labute approximate surface area is 159 Å². The average molecular weight is 360 g/mol. The zero-order chi connectivity index (χ0) is 18.8. The number of anilines is 1. The van der Waals surface area contributed by atoms with Crippen LogP contribution in [0.25, 0.3) is 22.6 Å². The lowest BCUT2D eigenvalue weighted by Gasteiger charge is -2.16. The lowest BCUT2D eigenvalue weighted by atomic mass is 9.98. The molecule has 4 heteroatoms. The van der Waals surface area contributed by atoms with E-state index < -0.39 is 0 Å². The highest BCUT2D eigenvalue weighted by Gasteiger charge is 2.16. The Morgan fingerprint density at radius 1 is 1.07 bits per heavy atom. The Morgan fingerprint density at radius 2 is 1.93 bits per heavy atom. The second-order valence-corrected chi connectivity index (χ2v) is 7.24. The van der Waals surface area contributed by atoms with Crippen LogP contribution in [0, 0.1) is 6.92 Å². The number of amides is 1. The molecular weight excluding hydrogens is 336 g/mol. The molecule has 0 spiro atoms. The molecule has 0 bridgehead atoms. The van der Waals surface area contributed by atoms with Crippen molar-refractivity contribution in [3.8, 4) is 22.6 Å². The first-order valence-corrected chi connectivity index (χ1v) is 9.64. The van der Waals surface area contributed by atoms with Gasteiger partial charge in [-0.05, 0) is 61.1 Å². The number of aryl methyl sites for hydroxylation is 3. The van der Waals surface area contributed by atoms with Crippen LogP contribution in [-0.2, 0) is 17.6 Å². The van der Waals surface area contributed by atoms with Gasteiger partial charge in [0.1, 0.15) is 5.69 Å². The summed E-state index contributed by atoms with van der Waals surface area (Å²) in [6.45, 7) is 4.37. The monoisotopic (exact) mass is 360 g/mol. The van der Waals surface area contributed by atoms with Gasteiger partial charge in [-0.25, -0.2) is 0 Å². The van der Waals surface area contributed by atoms with Gasteiger partial charge in [0, 0.05) is 29.3 Å². The minimum Gasteiger partial charge on any atom is -0.356 e. The number of aromatic nitrogens is 1. The average Bonchev–Trinajstić information content (AvgIpc) is 3.17. The zero-order valence-electron chi connectivity index (χ0n) is 15.8. The molecule has 0 unspecified atom stereocenters. The maximum atomic E-state index is 11.5. The number of hydrogen-bond donors (Lipinski definition) is 1. The third-order valence-corrected chi connectivity index (χ3v) is 5.23. The number of rotatable bonds is 5. The maximum absolute atomic E-state index is 11.5. The van der Waals surface area contributed by atoms with E-state index in [1.54, 1.807) is 0 Å². The van der Waals surface area contributed by atoms with Crippen molar-refractivity contribution in [1.82, 2.24) is 5.16 Å². The van der Waals surface area contributed by atoms with E-state index in [0.717, 1.165) is 46.7 Å². The summed E-state index contributed by atoms with van der Waals surface area (Å²) in [5, 5.41) is 7.18. The van der Waals surface area contributed by atoms with Gasteiger partial charge in [-0.15, -0.1) is 0 Å². The summed E-state index contributed by atoms with van der Waals surface area (Å²) >= 11 is 0. The quantitative estimate of drug-likeness (QED) is 0.649. The van der Waals surface area contributed by atoms with Crippen molar-refractivity contribution in [3.63, 3.8) is 0 Å². The number of carbonyl (C=O) groups excluding carboxylic acids is 1. The second-order valence-electron chi connectivity index (χ2n) is 7.24. The molecule has 4 rings (SSSR count). The molecule has 27 heavy (non-hydrogen) atoms. The zero-order valence-corrected chi connectivity index (χ0v) is 15.8. The van der Waals surface area contributed by atoms with E-state index in [4.69, 9.17) is 4.52 Å². The molecule has 0 atom stereocenters. The molecule has 138 valence electrons.